The number of hydrogen-bond acceptors (Lipinski definition) is 2. The van der Waals surface area contributed by atoms with E-state index in [2.05, 4.69) is 33.0 Å². The van der Waals surface area contributed by atoms with E-state index < -0.39 is 0 Å². The molecule has 1 aromatic rings. The Morgan fingerprint density at radius 1 is 1.29 bits per heavy atom. The zero-order valence-electron chi connectivity index (χ0n) is 13.7. The summed E-state index contributed by atoms with van der Waals surface area (Å²) in [5.74, 6) is -0.276. The highest BCUT2D eigenvalue weighted by Crippen LogP contribution is 2.36. The van der Waals surface area contributed by atoms with Gasteiger partial charge < -0.3 is 10.1 Å². The third kappa shape index (κ3) is 5.24. The fourth-order valence-electron chi connectivity index (χ4n) is 2.46. The monoisotopic (exact) mass is 315 g/mol. The van der Waals surface area contributed by atoms with Crippen molar-refractivity contribution < 1.29 is 9.13 Å². The van der Waals surface area contributed by atoms with E-state index in [0.29, 0.717) is 11.6 Å². The van der Waals surface area contributed by atoms with Crippen LogP contribution in [-0.2, 0) is 4.74 Å². The van der Waals surface area contributed by atoms with E-state index in [1.165, 1.54) is 12.1 Å². The van der Waals surface area contributed by atoms with Crippen LogP contribution in [0.2, 0.25) is 5.02 Å². The minimum Gasteiger partial charge on any atom is -0.376 e. The SMILES string of the molecule is CCCNC(c1cc(F)ccc1Cl)C(OCC)C(C)(C)C. The van der Waals surface area contributed by atoms with Gasteiger partial charge in [-0.1, -0.05) is 39.3 Å². The van der Waals surface area contributed by atoms with Gasteiger partial charge in [-0.2, -0.15) is 0 Å². The zero-order valence-corrected chi connectivity index (χ0v) is 14.4. The molecule has 0 radical (unpaired) electrons. The third-order valence-electron chi connectivity index (χ3n) is 3.41. The van der Waals surface area contributed by atoms with Crippen LogP contribution in [0.15, 0.2) is 18.2 Å². The summed E-state index contributed by atoms with van der Waals surface area (Å²) in [6, 6.07) is 4.37. The number of hydrogen-bond donors (Lipinski definition) is 1. The Kier molecular flexibility index (Phi) is 7.11. The van der Waals surface area contributed by atoms with Crippen LogP contribution in [0.4, 0.5) is 4.39 Å². The van der Waals surface area contributed by atoms with E-state index in [0.717, 1.165) is 18.5 Å². The lowest BCUT2D eigenvalue weighted by Crippen LogP contribution is -2.42. The molecule has 0 aliphatic heterocycles. The lowest BCUT2D eigenvalue weighted by molar-refractivity contribution is -0.0366. The van der Waals surface area contributed by atoms with Crippen LogP contribution >= 0.6 is 11.6 Å². The Hall–Kier alpha value is -0.640. The second-order valence-corrected chi connectivity index (χ2v) is 6.75. The van der Waals surface area contributed by atoms with E-state index in [1.54, 1.807) is 6.07 Å². The maximum atomic E-state index is 13.6. The van der Waals surface area contributed by atoms with Crippen molar-refractivity contribution in [2.75, 3.05) is 13.2 Å². The maximum Gasteiger partial charge on any atom is 0.123 e. The molecular weight excluding hydrogens is 289 g/mol. The van der Waals surface area contributed by atoms with Gasteiger partial charge in [-0.3, -0.25) is 0 Å². The summed E-state index contributed by atoms with van der Waals surface area (Å²) >= 11 is 6.30. The molecule has 0 fully saturated rings. The first-order chi connectivity index (χ1) is 9.81. The Morgan fingerprint density at radius 2 is 1.95 bits per heavy atom. The number of nitrogens with one attached hydrogen (secondary N) is 1. The fraction of sp³-hybridized carbons (Fsp3) is 0.647. The van der Waals surface area contributed by atoms with Gasteiger partial charge in [0.15, 0.2) is 0 Å². The molecule has 2 atom stereocenters. The highest BCUT2D eigenvalue weighted by molar-refractivity contribution is 6.31. The van der Waals surface area contributed by atoms with Crippen molar-refractivity contribution in [1.82, 2.24) is 5.32 Å². The Labute approximate surface area is 133 Å². The molecule has 1 aromatic carbocycles. The standard InChI is InChI=1S/C17H27ClFNO/c1-6-10-20-15(16(21-7-2)17(3,4)5)13-11-12(19)8-9-14(13)18/h8-9,11,15-16,20H,6-7,10H2,1-5H3. The van der Waals surface area contributed by atoms with E-state index in [9.17, 15) is 4.39 Å². The highest BCUT2D eigenvalue weighted by atomic mass is 35.5. The second kappa shape index (κ2) is 8.11. The van der Waals surface area contributed by atoms with Crippen LogP contribution in [-0.4, -0.2) is 19.3 Å². The van der Waals surface area contributed by atoms with Gasteiger partial charge in [0.1, 0.15) is 5.82 Å². The van der Waals surface area contributed by atoms with E-state index in [4.69, 9.17) is 16.3 Å². The lowest BCUT2D eigenvalue weighted by Gasteiger charge is -2.38. The third-order valence-corrected chi connectivity index (χ3v) is 3.75. The van der Waals surface area contributed by atoms with Crippen molar-refractivity contribution in [2.45, 2.75) is 53.2 Å². The summed E-state index contributed by atoms with van der Waals surface area (Å²) in [6.45, 7) is 11.9. The average molecular weight is 316 g/mol. The minimum atomic E-state index is -0.276. The normalized spacial score (nSPS) is 15.0. The first-order valence-electron chi connectivity index (χ1n) is 7.61. The van der Waals surface area contributed by atoms with Gasteiger partial charge in [-0.25, -0.2) is 4.39 Å². The van der Waals surface area contributed by atoms with Crippen LogP contribution in [0, 0.1) is 11.2 Å². The zero-order chi connectivity index (χ0) is 16.0. The molecule has 0 aliphatic rings. The molecule has 0 amide bonds. The topological polar surface area (TPSA) is 21.3 Å². The average Bonchev–Trinajstić information content (AvgIpc) is 2.40. The molecule has 0 saturated heterocycles. The van der Waals surface area contributed by atoms with Gasteiger partial charge in [0.2, 0.25) is 0 Å². The molecule has 0 spiro atoms. The van der Waals surface area contributed by atoms with Crippen LogP contribution in [0.1, 0.15) is 52.6 Å². The predicted octanol–water partition coefficient (Wildman–Crippen LogP) is 4.97. The van der Waals surface area contributed by atoms with Crippen molar-refractivity contribution in [3.8, 4) is 0 Å². The molecule has 0 heterocycles. The molecule has 0 bridgehead atoms. The highest BCUT2D eigenvalue weighted by Gasteiger charge is 2.34. The lowest BCUT2D eigenvalue weighted by atomic mass is 9.81. The van der Waals surface area contributed by atoms with E-state index in [-0.39, 0.29) is 23.4 Å². The van der Waals surface area contributed by atoms with Crippen LogP contribution in [0.3, 0.4) is 0 Å². The van der Waals surface area contributed by atoms with Crippen LogP contribution in [0.25, 0.3) is 0 Å². The van der Waals surface area contributed by atoms with Crippen LogP contribution < -0.4 is 5.32 Å². The van der Waals surface area contributed by atoms with Crippen molar-refractivity contribution in [1.29, 1.82) is 0 Å². The van der Waals surface area contributed by atoms with Gasteiger partial charge in [-0.15, -0.1) is 0 Å². The largest absolute Gasteiger partial charge is 0.376 e. The molecular formula is C17H27ClFNO. The summed E-state index contributed by atoms with van der Waals surface area (Å²) < 4.78 is 19.6. The molecule has 0 aliphatic carbocycles. The van der Waals surface area contributed by atoms with E-state index >= 15 is 0 Å². The van der Waals surface area contributed by atoms with Crippen molar-refractivity contribution in [2.24, 2.45) is 5.41 Å². The number of rotatable bonds is 7. The maximum absolute atomic E-state index is 13.6. The summed E-state index contributed by atoms with van der Waals surface area (Å²) in [5, 5.41) is 4.04. The first kappa shape index (κ1) is 18.4. The molecule has 2 unspecified atom stereocenters. The Balaban J connectivity index is 3.22. The molecule has 21 heavy (non-hydrogen) atoms. The predicted molar refractivity (Wildman–Crippen MR) is 87.3 cm³/mol. The molecule has 1 rings (SSSR count). The summed E-state index contributed by atoms with van der Waals surface area (Å²) in [7, 11) is 0. The Bertz CT molecular complexity index is 445. The molecule has 2 nitrogen and oxygen atoms in total. The molecule has 4 heteroatoms. The van der Waals surface area contributed by atoms with Gasteiger partial charge in [0.25, 0.3) is 0 Å². The van der Waals surface area contributed by atoms with Crippen molar-refractivity contribution in [3.05, 3.63) is 34.6 Å². The first-order valence-corrected chi connectivity index (χ1v) is 7.99. The molecule has 120 valence electrons. The second-order valence-electron chi connectivity index (χ2n) is 6.34. The molecule has 1 N–H and O–H groups in total. The summed E-state index contributed by atoms with van der Waals surface area (Å²) in [6.07, 6.45) is 0.903. The van der Waals surface area contributed by atoms with Gasteiger partial charge in [0.05, 0.1) is 12.1 Å². The smallest absolute Gasteiger partial charge is 0.123 e. The van der Waals surface area contributed by atoms with Gasteiger partial charge in [-0.05, 0) is 49.1 Å². The summed E-state index contributed by atoms with van der Waals surface area (Å²) in [5.41, 5.74) is 0.676. The van der Waals surface area contributed by atoms with E-state index in [1.807, 2.05) is 6.92 Å². The Morgan fingerprint density at radius 3 is 2.48 bits per heavy atom. The van der Waals surface area contributed by atoms with Gasteiger partial charge in [0, 0.05) is 11.6 Å². The fourth-order valence-corrected chi connectivity index (χ4v) is 2.69. The summed E-state index contributed by atoms with van der Waals surface area (Å²) in [4.78, 5) is 0. The number of halogens is 2. The number of ether oxygens (including phenoxy) is 1. The number of benzene rings is 1. The molecule has 0 aromatic heterocycles. The van der Waals surface area contributed by atoms with Crippen molar-refractivity contribution in [3.63, 3.8) is 0 Å². The van der Waals surface area contributed by atoms with Crippen molar-refractivity contribution >= 4 is 11.6 Å². The minimum absolute atomic E-state index is 0.0862. The van der Waals surface area contributed by atoms with Gasteiger partial charge >= 0.3 is 0 Å². The molecule has 0 saturated carbocycles. The quantitative estimate of drug-likeness (QED) is 0.767. The van der Waals surface area contributed by atoms with Crippen LogP contribution in [0.5, 0.6) is 0 Å².